The van der Waals surface area contributed by atoms with Crippen molar-refractivity contribution in [2.24, 2.45) is 0 Å². The number of benzene rings is 2. The van der Waals surface area contributed by atoms with E-state index in [1.165, 1.54) is 12.4 Å². The maximum absolute atomic E-state index is 12.4. The maximum Gasteiger partial charge on any atom is 0.338 e. The van der Waals surface area contributed by atoms with E-state index < -0.39 is 11.9 Å². The second-order valence-corrected chi connectivity index (χ2v) is 5.83. The summed E-state index contributed by atoms with van der Waals surface area (Å²) in [4.78, 5) is 32.2. The van der Waals surface area contributed by atoms with Crippen LogP contribution in [0.1, 0.15) is 33.2 Å². The van der Waals surface area contributed by atoms with Crippen LogP contribution in [0.2, 0.25) is 0 Å². The number of rotatable bonds is 6. The van der Waals surface area contributed by atoms with Crippen LogP contribution in [0.25, 0.3) is 0 Å². The van der Waals surface area contributed by atoms with Crippen molar-refractivity contribution in [3.63, 3.8) is 0 Å². The molecule has 1 heterocycles. The first-order chi connectivity index (χ1) is 14.1. The first kappa shape index (κ1) is 19.5. The number of hydrogen-bond acceptors (Lipinski definition) is 7. The Balaban J connectivity index is 1.64. The largest absolute Gasteiger partial charge is 0.462 e. The molecule has 0 aliphatic carbocycles. The highest BCUT2D eigenvalue weighted by Gasteiger charge is 2.10. The summed E-state index contributed by atoms with van der Waals surface area (Å²) in [5.74, 6) is -0.541. The molecule has 144 valence electrons. The van der Waals surface area contributed by atoms with Crippen LogP contribution in [0.15, 0.2) is 60.9 Å². The fourth-order valence-electron chi connectivity index (χ4n) is 2.43. The third kappa shape index (κ3) is 4.93. The van der Waals surface area contributed by atoms with Gasteiger partial charge in [-0.25, -0.2) is 14.8 Å². The van der Waals surface area contributed by atoms with Gasteiger partial charge < -0.3 is 15.4 Å². The van der Waals surface area contributed by atoms with Crippen LogP contribution >= 0.6 is 0 Å². The maximum atomic E-state index is 12.4. The van der Waals surface area contributed by atoms with Crippen molar-refractivity contribution in [3.05, 3.63) is 77.6 Å². The second-order valence-electron chi connectivity index (χ2n) is 5.83. The monoisotopic (exact) mass is 387 g/mol. The lowest BCUT2D eigenvalue weighted by Crippen LogP contribution is -2.13. The number of carbonyl (C=O) groups is 2. The minimum atomic E-state index is -0.417. The summed E-state index contributed by atoms with van der Waals surface area (Å²) in [7, 11) is 0. The molecule has 0 saturated carbocycles. The topological polar surface area (TPSA) is 117 Å². The van der Waals surface area contributed by atoms with Crippen molar-refractivity contribution in [2.45, 2.75) is 6.92 Å². The molecule has 0 radical (unpaired) electrons. The van der Waals surface area contributed by atoms with Gasteiger partial charge in [0.05, 0.1) is 29.0 Å². The Morgan fingerprint density at radius 2 is 1.72 bits per heavy atom. The molecule has 3 aromatic rings. The van der Waals surface area contributed by atoms with Gasteiger partial charge in [0.1, 0.15) is 6.07 Å². The van der Waals surface area contributed by atoms with Crippen molar-refractivity contribution in [2.75, 3.05) is 17.2 Å². The molecule has 0 aliphatic rings. The molecule has 2 aromatic carbocycles. The first-order valence-corrected chi connectivity index (χ1v) is 8.77. The molecule has 29 heavy (non-hydrogen) atoms. The van der Waals surface area contributed by atoms with Crippen LogP contribution in [0, 0.1) is 11.3 Å². The van der Waals surface area contributed by atoms with Crippen molar-refractivity contribution in [3.8, 4) is 6.07 Å². The number of hydrogen-bond donors (Lipinski definition) is 2. The van der Waals surface area contributed by atoms with Crippen molar-refractivity contribution in [1.29, 1.82) is 5.26 Å². The lowest BCUT2D eigenvalue weighted by molar-refractivity contribution is 0.0526. The molecule has 1 amide bonds. The number of ether oxygens (including phenoxy) is 1. The zero-order valence-electron chi connectivity index (χ0n) is 15.5. The molecule has 0 atom stereocenters. The van der Waals surface area contributed by atoms with Crippen molar-refractivity contribution in [1.82, 2.24) is 9.97 Å². The van der Waals surface area contributed by atoms with E-state index in [2.05, 4.69) is 26.7 Å². The number of carbonyl (C=O) groups excluding carboxylic acids is 2. The Hall–Kier alpha value is -4.25. The highest BCUT2D eigenvalue weighted by atomic mass is 16.5. The molecule has 0 aliphatic heterocycles. The van der Waals surface area contributed by atoms with Crippen LogP contribution in [0.4, 0.5) is 17.3 Å². The average molecular weight is 387 g/mol. The van der Waals surface area contributed by atoms with Gasteiger partial charge >= 0.3 is 5.97 Å². The first-order valence-electron chi connectivity index (χ1n) is 8.77. The average Bonchev–Trinajstić information content (AvgIpc) is 2.75. The minimum absolute atomic E-state index is 0.263. The Kier molecular flexibility index (Phi) is 6.12. The van der Waals surface area contributed by atoms with E-state index in [1.807, 2.05) is 0 Å². The summed E-state index contributed by atoms with van der Waals surface area (Å²) in [5.41, 5.74) is 2.23. The van der Waals surface area contributed by atoms with Gasteiger partial charge in [-0.05, 0) is 43.3 Å². The molecular formula is C21H17N5O3. The van der Waals surface area contributed by atoms with E-state index in [4.69, 9.17) is 10.00 Å². The summed E-state index contributed by atoms with van der Waals surface area (Å²) in [6, 6.07) is 15.4. The number of nitrogens with one attached hydrogen (secondary N) is 2. The number of anilines is 3. The van der Waals surface area contributed by atoms with Gasteiger partial charge in [0.15, 0.2) is 0 Å². The lowest BCUT2D eigenvalue weighted by Gasteiger charge is -2.08. The number of para-hydroxylation sites is 1. The molecule has 3 rings (SSSR count). The minimum Gasteiger partial charge on any atom is -0.462 e. The molecule has 1 aromatic heterocycles. The summed E-state index contributed by atoms with van der Waals surface area (Å²) in [6.07, 6.45) is 2.76. The SMILES string of the molecule is CCOC(=O)c1ccc(NC(=O)c2cnc(Nc3ccccc3C#N)nc2)cc1. The van der Waals surface area contributed by atoms with Gasteiger partial charge in [-0.2, -0.15) is 5.26 Å². The molecule has 8 nitrogen and oxygen atoms in total. The van der Waals surface area contributed by atoms with Crippen molar-refractivity contribution < 1.29 is 14.3 Å². The van der Waals surface area contributed by atoms with Gasteiger partial charge in [0, 0.05) is 18.1 Å². The quantitative estimate of drug-likeness (QED) is 0.621. The summed E-state index contributed by atoms with van der Waals surface area (Å²) < 4.78 is 4.92. The number of nitriles is 1. The van der Waals surface area contributed by atoms with Crippen LogP contribution in [0.3, 0.4) is 0 Å². The van der Waals surface area contributed by atoms with E-state index in [1.54, 1.807) is 55.5 Å². The van der Waals surface area contributed by atoms with E-state index >= 15 is 0 Å². The van der Waals surface area contributed by atoms with Crippen LogP contribution < -0.4 is 10.6 Å². The Bertz CT molecular complexity index is 1060. The molecule has 2 N–H and O–H groups in total. The third-order valence-corrected chi connectivity index (χ3v) is 3.86. The zero-order chi connectivity index (χ0) is 20.6. The molecule has 0 saturated heterocycles. The van der Waals surface area contributed by atoms with E-state index in [0.717, 1.165) is 0 Å². The van der Waals surface area contributed by atoms with Crippen LogP contribution in [-0.4, -0.2) is 28.5 Å². The molecule has 8 heteroatoms. The lowest BCUT2D eigenvalue weighted by atomic mass is 10.2. The van der Waals surface area contributed by atoms with Gasteiger partial charge in [-0.3, -0.25) is 4.79 Å². The predicted octanol–water partition coefficient (Wildman–Crippen LogP) is 3.52. The van der Waals surface area contributed by atoms with Gasteiger partial charge in [0.25, 0.3) is 5.91 Å². The van der Waals surface area contributed by atoms with Gasteiger partial charge in [-0.1, -0.05) is 12.1 Å². The summed E-state index contributed by atoms with van der Waals surface area (Å²) in [6.45, 7) is 2.03. The van der Waals surface area contributed by atoms with E-state index in [0.29, 0.717) is 29.1 Å². The Labute approximate surface area is 167 Å². The normalized spacial score (nSPS) is 9.93. The summed E-state index contributed by atoms with van der Waals surface area (Å²) in [5, 5.41) is 14.8. The smallest absolute Gasteiger partial charge is 0.338 e. The van der Waals surface area contributed by atoms with Crippen LogP contribution in [0.5, 0.6) is 0 Å². The predicted molar refractivity (Wildman–Crippen MR) is 107 cm³/mol. The van der Waals surface area contributed by atoms with Crippen molar-refractivity contribution >= 4 is 29.2 Å². The zero-order valence-corrected chi connectivity index (χ0v) is 15.5. The third-order valence-electron chi connectivity index (χ3n) is 3.86. The van der Waals surface area contributed by atoms with Gasteiger partial charge in [-0.15, -0.1) is 0 Å². The van der Waals surface area contributed by atoms with E-state index in [9.17, 15) is 9.59 Å². The highest BCUT2D eigenvalue weighted by molar-refractivity contribution is 6.04. The fourth-order valence-corrected chi connectivity index (χ4v) is 2.43. The fraction of sp³-hybridized carbons (Fsp3) is 0.0952. The number of amides is 1. The number of nitrogens with zero attached hydrogens (tertiary/aromatic N) is 3. The molecule has 0 bridgehead atoms. The molecule has 0 fully saturated rings. The highest BCUT2D eigenvalue weighted by Crippen LogP contribution is 2.18. The Morgan fingerprint density at radius 1 is 1.03 bits per heavy atom. The summed E-state index contributed by atoms with van der Waals surface area (Å²) >= 11 is 0. The number of esters is 1. The number of aromatic nitrogens is 2. The molecular weight excluding hydrogens is 370 g/mol. The standard InChI is InChI=1S/C21H17N5O3/c1-2-29-20(28)14-7-9-17(10-8-14)25-19(27)16-12-23-21(24-13-16)26-18-6-4-3-5-15(18)11-22/h3-10,12-13H,2H2,1H3,(H,25,27)(H,23,24,26). The Morgan fingerprint density at radius 3 is 2.38 bits per heavy atom. The van der Waals surface area contributed by atoms with Crippen LogP contribution in [-0.2, 0) is 4.74 Å². The molecule has 0 unspecified atom stereocenters. The van der Waals surface area contributed by atoms with Gasteiger partial charge in [0.2, 0.25) is 5.95 Å². The second kappa shape index (κ2) is 9.10. The van der Waals surface area contributed by atoms with E-state index in [-0.39, 0.29) is 11.5 Å². The molecule has 0 spiro atoms.